The molecule has 2 aromatic rings. The zero-order chi connectivity index (χ0) is 14.2. The van der Waals surface area contributed by atoms with Crippen molar-refractivity contribution in [2.24, 2.45) is 0 Å². The Morgan fingerprint density at radius 1 is 1.05 bits per heavy atom. The van der Waals surface area contributed by atoms with E-state index in [-0.39, 0.29) is 6.10 Å². The highest BCUT2D eigenvalue weighted by Gasteiger charge is 2.14. The van der Waals surface area contributed by atoms with Crippen LogP contribution >= 0.6 is 11.6 Å². The zero-order valence-electron chi connectivity index (χ0n) is 11.7. The van der Waals surface area contributed by atoms with Crippen molar-refractivity contribution in [3.8, 4) is 5.75 Å². The lowest BCUT2D eigenvalue weighted by Gasteiger charge is -2.21. The van der Waals surface area contributed by atoms with E-state index in [9.17, 15) is 0 Å². The highest BCUT2D eigenvalue weighted by molar-refractivity contribution is 6.17. The first-order valence-corrected chi connectivity index (χ1v) is 7.38. The molecule has 0 aromatic heterocycles. The Bertz CT molecular complexity index is 515. The fraction of sp³-hybridized carbons (Fsp3) is 0.294. The highest BCUT2D eigenvalue weighted by Crippen LogP contribution is 2.28. The van der Waals surface area contributed by atoms with Crippen molar-refractivity contribution in [1.82, 2.24) is 5.32 Å². The average Bonchev–Trinajstić information content (AvgIpc) is 2.52. The summed E-state index contributed by atoms with van der Waals surface area (Å²) >= 11 is 5.97. The fourth-order valence-electron chi connectivity index (χ4n) is 2.12. The van der Waals surface area contributed by atoms with Gasteiger partial charge in [0.1, 0.15) is 11.9 Å². The Morgan fingerprint density at radius 2 is 1.75 bits per heavy atom. The molecule has 0 aliphatic rings. The van der Waals surface area contributed by atoms with Crippen LogP contribution in [-0.2, 0) is 5.88 Å². The summed E-state index contributed by atoms with van der Waals surface area (Å²) in [5.74, 6) is 1.33. The Hall–Kier alpha value is -1.51. The maximum Gasteiger partial charge on any atom is 0.125 e. The van der Waals surface area contributed by atoms with Crippen LogP contribution in [0.3, 0.4) is 0 Å². The number of rotatable bonds is 7. The van der Waals surface area contributed by atoms with Gasteiger partial charge in [0.15, 0.2) is 0 Å². The summed E-state index contributed by atoms with van der Waals surface area (Å²) in [4.78, 5) is 0. The van der Waals surface area contributed by atoms with Gasteiger partial charge in [-0.1, -0.05) is 48.5 Å². The molecule has 1 N–H and O–H groups in total. The predicted octanol–water partition coefficient (Wildman–Crippen LogP) is 4.16. The smallest absolute Gasteiger partial charge is 0.125 e. The summed E-state index contributed by atoms with van der Waals surface area (Å²) in [5.41, 5.74) is 2.21. The summed E-state index contributed by atoms with van der Waals surface area (Å²) < 4.78 is 6.20. The molecule has 0 amide bonds. The number of alkyl halides is 1. The van der Waals surface area contributed by atoms with Gasteiger partial charge in [-0.2, -0.15) is 0 Å². The van der Waals surface area contributed by atoms with Gasteiger partial charge < -0.3 is 10.1 Å². The van der Waals surface area contributed by atoms with E-state index >= 15 is 0 Å². The fourth-order valence-corrected chi connectivity index (χ4v) is 2.34. The molecule has 1 atom stereocenters. The van der Waals surface area contributed by atoms with Gasteiger partial charge in [-0.3, -0.25) is 0 Å². The van der Waals surface area contributed by atoms with Crippen LogP contribution < -0.4 is 10.1 Å². The molecule has 0 aliphatic carbocycles. The molecular formula is C17H20ClNO. The molecule has 0 bridgehead atoms. The number of hydrogen-bond donors (Lipinski definition) is 1. The number of ether oxygens (including phenoxy) is 1. The molecule has 0 saturated heterocycles. The van der Waals surface area contributed by atoms with Gasteiger partial charge in [-0.15, -0.1) is 11.6 Å². The molecule has 106 valence electrons. The molecule has 2 aromatic carbocycles. The van der Waals surface area contributed by atoms with Crippen molar-refractivity contribution >= 4 is 11.6 Å². The van der Waals surface area contributed by atoms with Crippen molar-refractivity contribution < 1.29 is 4.74 Å². The lowest BCUT2D eigenvalue weighted by Crippen LogP contribution is -2.16. The van der Waals surface area contributed by atoms with Gasteiger partial charge in [0.25, 0.3) is 0 Å². The molecule has 0 radical (unpaired) electrons. The number of nitrogens with one attached hydrogen (secondary N) is 1. The maximum atomic E-state index is 6.20. The number of para-hydroxylation sites is 1. The van der Waals surface area contributed by atoms with Crippen LogP contribution in [0.25, 0.3) is 0 Å². The molecule has 3 heteroatoms. The van der Waals surface area contributed by atoms with Crippen molar-refractivity contribution in [2.45, 2.75) is 18.4 Å². The zero-order valence-corrected chi connectivity index (χ0v) is 12.4. The predicted molar refractivity (Wildman–Crippen MR) is 84.4 cm³/mol. The molecule has 2 nitrogen and oxygen atoms in total. The molecular weight excluding hydrogens is 270 g/mol. The average molecular weight is 290 g/mol. The molecule has 0 fully saturated rings. The molecule has 0 saturated carbocycles. The molecule has 1 unspecified atom stereocenters. The van der Waals surface area contributed by atoms with Crippen LogP contribution in [0.15, 0.2) is 54.6 Å². The number of benzene rings is 2. The summed E-state index contributed by atoms with van der Waals surface area (Å²) in [6.45, 7) is 0.905. The second kappa shape index (κ2) is 7.93. The summed E-state index contributed by atoms with van der Waals surface area (Å²) in [6, 6.07) is 18.2. The molecule has 0 aliphatic heterocycles. The van der Waals surface area contributed by atoms with E-state index < -0.39 is 0 Å². The molecule has 20 heavy (non-hydrogen) atoms. The standard InChI is InChI=1S/C17H20ClNO/c1-19-12-11-17(14-7-3-2-4-8-14)20-16-10-6-5-9-15(16)13-18/h2-10,17,19H,11-13H2,1H3. The molecule has 2 rings (SSSR count). The van der Waals surface area contributed by atoms with Crippen LogP contribution in [0.2, 0.25) is 0 Å². The van der Waals surface area contributed by atoms with Crippen molar-refractivity contribution in [2.75, 3.05) is 13.6 Å². The third-order valence-electron chi connectivity index (χ3n) is 3.21. The Kier molecular flexibility index (Phi) is 5.90. The summed E-state index contributed by atoms with van der Waals surface area (Å²) in [5, 5.41) is 3.18. The minimum Gasteiger partial charge on any atom is -0.485 e. The molecule has 0 heterocycles. The van der Waals surface area contributed by atoms with E-state index in [1.165, 1.54) is 5.56 Å². The lowest BCUT2D eigenvalue weighted by molar-refractivity contribution is 0.193. The second-order valence-electron chi connectivity index (χ2n) is 4.65. The van der Waals surface area contributed by atoms with Gasteiger partial charge in [0.05, 0.1) is 5.88 Å². The number of halogens is 1. The first kappa shape index (κ1) is 14.9. The first-order valence-electron chi connectivity index (χ1n) is 6.85. The van der Waals surface area contributed by atoms with Crippen LogP contribution in [0, 0.1) is 0 Å². The topological polar surface area (TPSA) is 21.3 Å². The van der Waals surface area contributed by atoms with Gasteiger partial charge in [0.2, 0.25) is 0 Å². The minimum absolute atomic E-state index is 0.0352. The van der Waals surface area contributed by atoms with E-state index in [4.69, 9.17) is 16.3 Å². The highest BCUT2D eigenvalue weighted by atomic mass is 35.5. The van der Waals surface area contributed by atoms with E-state index in [0.29, 0.717) is 5.88 Å². The lowest BCUT2D eigenvalue weighted by atomic mass is 10.1. The largest absolute Gasteiger partial charge is 0.485 e. The van der Waals surface area contributed by atoms with E-state index in [0.717, 1.165) is 24.3 Å². The molecule has 0 spiro atoms. The van der Waals surface area contributed by atoms with Crippen molar-refractivity contribution in [3.63, 3.8) is 0 Å². The summed E-state index contributed by atoms with van der Waals surface area (Å²) in [6.07, 6.45) is 0.949. The van der Waals surface area contributed by atoms with Crippen molar-refractivity contribution in [1.29, 1.82) is 0 Å². The Labute approximate surface area is 125 Å². The minimum atomic E-state index is 0.0352. The SMILES string of the molecule is CNCCC(Oc1ccccc1CCl)c1ccccc1. The van der Waals surface area contributed by atoms with Gasteiger partial charge in [0, 0.05) is 12.0 Å². The Morgan fingerprint density at radius 3 is 2.45 bits per heavy atom. The van der Waals surface area contributed by atoms with Crippen molar-refractivity contribution in [3.05, 3.63) is 65.7 Å². The van der Waals surface area contributed by atoms with Gasteiger partial charge in [-0.05, 0) is 25.2 Å². The van der Waals surface area contributed by atoms with Crippen LogP contribution in [0.4, 0.5) is 0 Å². The van der Waals surface area contributed by atoms with Crippen LogP contribution in [0.1, 0.15) is 23.7 Å². The van der Waals surface area contributed by atoms with E-state index in [1.54, 1.807) is 0 Å². The van der Waals surface area contributed by atoms with E-state index in [2.05, 4.69) is 17.4 Å². The Balaban J connectivity index is 2.19. The second-order valence-corrected chi connectivity index (χ2v) is 4.92. The van der Waals surface area contributed by atoms with Gasteiger partial charge >= 0.3 is 0 Å². The van der Waals surface area contributed by atoms with E-state index in [1.807, 2.05) is 49.5 Å². The third kappa shape index (κ3) is 3.99. The van der Waals surface area contributed by atoms with Crippen LogP contribution in [-0.4, -0.2) is 13.6 Å². The number of hydrogen-bond acceptors (Lipinski definition) is 2. The normalized spacial score (nSPS) is 12.1. The van der Waals surface area contributed by atoms with Gasteiger partial charge in [-0.25, -0.2) is 0 Å². The maximum absolute atomic E-state index is 6.20. The first-order chi connectivity index (χ1) is 9.85. The quantitative estimate of drug-likeness (QED) is 0.773. The van der Waals surface area contributed by atoms with Crippen LogP contribution in [0.5, 0.6) is 5.75 Å². The monoisotopic (exact) mass is 289 g/mol. The summed E-state index contributed by atoms with van der Waals surface area (Å²) in [7, 11) is 1.95. The third-order valence-corrected chi connectivity index (χ3v) is 3.50.